The molecule has 3 rings (SSSR count). The van der Waals surface area contributed by atoms with E-state index in [1.807, 2.05) is 30.3 Å². The molecule has 132 valence electrons. The van der Waals surface area contributed by atoms with Gasteiger partial charge in [-0.3, -0.25) is 15.0 Å². The van der Waals surface area contributed by atoms with E-state index in [0.29, 0.717) is 5.69 Å². The van der Waals surface area contributed by atoms with Crippen molar-refractivity contribution in [1.82, 2.24) is 9.88 Å². The molecule has 0 saturated carbocycles. The summed E-state index contributed by atoms with van der Waals surface area (Å²) in [6, 6.07) is 12.6. The van der Waals surface area contributed by atoms with E-state index in [0.717, 1.165) is 50.7 Å². The summed E-state index contributed by atoms with van der Waals surface area (Å²) in [6.07, 6.45) is 0. The van der Waals surface area contributed by atoms with Crippen molar-refractivity contribution in [3.05, 3.63) is 52.6 Å². The van der Waals surface area contributed by atoms with E-state index in [-0.39, 0.29) is 10.6 Å². The molecule has 7 heteroatoms. The molecular formula is C18H22N4O3. The Labute approximate surface area is 147 Å². The zero-order chi connectivity index (χ0) is 17.6. The summed E-state index contributed by atoms with van der Waals surface area (Å²) >= 11 is 0. The fourth-order valence-corrected chi connectivity index (χ4v) is 2.99. The second-order valence-electron chi connectivity index (χ2n) is 5.98. The largest absolute Gasteiger partial charge is 0.383 e. The Kier molecular flexibility index (Phi) is 5.57. The molecule has 2 aromatic rings. The van der Waals surface area contributed by atoms with Gasteiger partial charge in [-0.1, -0.05) is 30.3 Å². The Morgan fingerprint density at radius 2 is 1.84 bits per heavy atom. The Morgan fingerprint density at radius 1 is 1.12 bits per heavy atom. The monoisotopic (exact) mass is 342 g/mol. The van der Waals surface area contributed by atoms with Crippen molar-refractivity contribution in [2.24, 2.45) is 0 Å². The zero-order valence-electron chi connectivity index (χ0n) is 14.3. The molecule has 1 aromatic heterocycles. The maximum Gasteiger partial charge on any atom is 0.295 e. The van der Waals surface area contributed by atoms with E-state index in [9.17, 15) is 10.1 Å². The van der Waals surface area contributed by atoms with E-state index in [2.05, 4.69) is 14.8 Å². The van der Waals surface area contributed by atoms with E-state index in [1.165, 1.54) is 0 Å². The van der Waals surface area contributed by atoms with Crippen LogP contribution in [0.25, 0.3) is 11.3 Å². The van der Waals surface area contributed by atoms with Crippen molar-refractivity contribution in [2.75, 3.05) is 51.3 Å². The van der Waals surface area contributed by atoms with Gasteiger partial charge in [-0.25, -0.2) is 4.98 Å². The highest BCUT2D eigenvalue weighted by Gasteiger charge is 2.22. The summed E-state index contributed by atoms with van der Waals surface area (Å²) in [5, 5.41) is 11.4. The van der Waals surface area contributed by atoms with Crippen LogP contribution < -0.4 is 4.90 Å². The highest BCUT2D eigenvalue weighted by molar-refractivity contribution is 5.71. The molecule has 1 saturated heterocycles. The number of aromatic nitrogens is 1. The van der Waals surface area contributed by atoms with Crippen LogP contribution in [0.4, 0.5) is 11.5 Å². The summed E-state index contributed by atoms with van der Waals surface area (Å²) in [5.41, 5.74) is 1.22. The minimum atomic E-state index is -0.373. The van der Waals surface area contributed by atoms with E-state index >= 15 is 0 Å². The number of anilines is 1. The number of piperazine rings is 1. The molecule has 0 atom stereocenters. The smallest absolute Gasteiger partial charge is 0.295 e. The van der Waals surface area contributed by atoms with Crippen molar-refractivity contribution >= 4 is 11.5 Å². The van der Waals surface area contributed by atoms with Gasteiger partial charge in [-0.05, 0) is 6.07 Å². The number of hydrogen-bond acceptors (Lipinski definition) is 6. The van der Waals surface area contributed by atoms with Crippen LogP contribution in [0.5, 0.6) is 0 Å². The lowest BCUT2D eigenvalue weighted by atomic mass is 10.1. The van der Waals surface area contributed by atoms with Crippen molar-refractivity contribution < 1.29 is 9.66 Å². The maximum atomic E-state index is 11.4. The summed E-state index contributed by atoms with van der Waals surface area (Å²) in [5.74, 6) is 0.788. The number of hydrogen-bond donors (Lipinski definition) is 0. The first-order valence-corrected chi connectivity index (χ1v) is 8.36. The molecule has 0 N–H and O–H groups in total. The standard InChI is InChI=1S/C18H22N4O3/c1-25-14-13-20-9-11-21(12-10-20)17-8-7-16(22(23)24)18(19-17)15-5-3-2-4-6-15/h2-8H,9-14H2,1H3. The second kappa shape index (κ2) is 8.04. The number of benzene rings is 1. The number of ether oxygens (including phenoxy) is 1. The molecule has 0 aliphatic carbocycles. The first-order chi connectivity index (χ1) is 12.2. The Morgan fingerprint density at radius 3 is 2.48 bits per heavy atom. The molecule has 7 nitrogen and oxygen atoms in total. The summed E-state index contributed by atoms with van der Waals surface area (Å²) in [6.45, 7) is 5.22. The van der Waals surface area contributed by atoms with Gasteiger partial charge in [-0.15, -0.1) is 0 Å². The molecule has 1 aliphatic rings. The fraction of sp³-hybridized carbons (Fsp3) is 0.389. The minimum absolute atomic E-state index is 0.0358. The first-order valence-electron chi connectivity index (χ1n) is 8.36. The van der Waals surface area contributed by atoms with Gasteiger partial charge in [-0.2, -0.15) is 0 Å². The average molecular weight is 342 g/mol. The van der Waals surface area contributed by atoms with E-state index in [4.69, 9.17) is 4.74 Å². The molecule has 0 unspecified atom stereocenters. The van der Waals surface area contributed by atoms with Gasteiger partial charge in [0.2, 0.25) is 0 Å². The van der Waals surface area contributed by atoms with Crippen molar-refractivity contribution in [2.45, 2.75) is 0 Å². The molecular weight excluding hydrogens is 320 g/mol. The van der Waals surface area contributed by atoms with E-state index in [1.54, 1.807) is 19.2 Å². The molecule has 1 aliphatic heterocycles. The van der Waals surface area contributed by atoms with Gasteiger partial charge in [0.1, 0.15) is 5.82 Å². The first kappa shape index (κ1) is 17.3. The lowest BCUT2D eigenvalue weighted by Crippen LogP contribution is -2.47. The molecule has 1 aromatic carbocycles. The number of nitro groups is 1. The zero-order valence-corrected chi connectivity index (χ0v) is 14.3. The SMILES string of the molecule is COCCN1CCN(c2ccc([N+](=O)[O-])c(-c3ccccc3)n2)CC1. The number of methoxy groups -OCH3 is 1. The predicted octanol–water partition coefficient (Wildman–Crippen LogP) is 2.43. The van der Waals surface area contributed by atoms with Crippen LogP contribution in [0.3, 0.4) is 0 Å². The third-order valence-electron chi connectivity index (χ3n) is 4.41. The van der Waals surface area contributed by atoms with Crippen LogP contribution in [-0.2, 0) is 4.74 Å². The fourth-order valence-electron chi connectivity index (χ4n) is 2.99. The normalized spacial score (nSPS) is 15.3. The van der Waals surface area contributed by atoms with Crippen molar-refractivity contribution in [3.8, 4) is 11.3 Å². The highest BCUT2D eigenvalue weighted by Crippen LogP contribution is 2.30. The lowest BCUT2D eigenvalue weighted by molar-refractivity contribution is -0.384. The van der Waals surface area contributed by atoms with Crippen LogP contribution >= 0.6 is 0 Å². The van der Waals surface area contributed by atoms with E-state index < -0.39 is 0 Å². The van der Waals surface area contributed by atoms with Gasteiger partial charge in [0.25, 0.3) is 5.69 Å². The van der Waals surface area contributed by atoms with Crippen molar-refractivity contribution in [3.63, 3.8) is 0 Å². The van der Waals surface area contributed by atoms with Crippen LogP contribution in [0, 0.1) is 10.1 Å². The minimum Gasteiger partial charge on any atom is -0.383 e. The molecule has 2 heterocycles. The Hall–Kier alpha value is -2.51. The third-order valence-corrected chi connectivity index (χ3v) is 4.41. The third kappa shape index (κ3) is 4.12. The van der Waals surface area contributed by atoms with Gasteiger partial charge >= 0.3 is 0 Å². The van der Waals surface area contributed by atoms with Crippen LogP contribution in [-0.4, -0.2) is 61.2 Å². The summed E-state index contributed by atoms with van der Waals surface area (Å²) < 4.78 is 5.12. The molecule has 0 amide bonds. The van der Waals surface area contributed by atoms with Crippen molar-refractivity contribution in [1.29, 1.82) is 0 Å². The molecule has 25 heavy (non-hydrogen) atoms. The van der Waals surface area contributed by atoms with Gasteiger partial charge in [0, 0.05) is 51.5 Å². The topological polar surface area (TPSA) is 71.7 Å². The molecule has 1 fully saturated rings. The highest BCUT2D eigenvalue weighted by atomic mass is 16.6. The summed E-state index contributed by atoms with van der Waals surface area (Å²) in [4.78, 5) is 20.1. The Bertz CT molecular complexity index is 716. The second-order valence-corrected chi connectivity index (χ2v) is 5.98. The Balaban J connectivity index is 1.81. The van der Waals surface area contributed by atoms with Gasteiger partial charge in [0.15, 0.2) is 5.69 Å². The van der Waals surface area contributed by atoms with Crippen LogP contribution in [0.1, 0.15) is 0 Å². The molecule has 0 spiro atoms. The number of pyridine rings is 1. The van der Waals surface area contributed by atoms with Crippen LogP contribution in [0.15, 0.2) is 42.5 Å². The lowest BCUT2D eigenvalue weighted by Gasteiger charge is -2.35. The maximum absolute atomic E-state index is 11.4. The van der Waals surface area contributed by atoms with Gasteiger partial charge in [0.05, 0.1) is 11.5 Å². The molecule has 0 bridgehead atoms. The summed E-state index contributed by atoms with van der Waals surface area (Å²) in [7, 11) is 1.71. The predicted molar refractivity (Wildman–Crippen MR) is 96.9 cm³/mol. The quantitative estimate of drug-likeness (QED) is 0.593. The number of nitrogens with zero attached hydrogens (tertiary/aromatic N) is 4. The van der Waals surface area contributed by atoms with Crippen LogP contribution in [0.2, 0.25) is 0 Å². The van der Waals surface area contributed by atoms with Gasteiger partial charge < -0.3 is 9.64 Å². The average Bonchev–Trinajstić information content (AvgIpc) is 2.67. The molecule has 0 radical (unpaired) electrons. The number of rotatable bonds is 6.